The summed E-state index contributed by atoms with van der Waals surface area (Å²) in [5, 5.41) is 82.9. The van der Waals surface area contributed by atoms with Gasteiger partial charge in [0, 0.05) is 17.2 Å². The molecule has 10 atom stereocenters. The van der Waals surface area contributed by atoms with Crippen LogP contribution in [0, 0.1) is 0 Å². The second kappa shape index (κ2) is 14.4. The number of rotatable bonds is 9. The second-order valence-corrected chi connectivity index (χ2v) is 12.0. The molecule has 0 aliphatic carbocycles. The van der Waals surface area contributed by atoms with Crippen molar-refractivity contribution in [1.29, 1.82) is 0 Å². The standard InChI is InChI=1S/C33H40O15/c1-13(2)5-10-17-19(45-33-28(42)26(40)23(37)20(12-34)46-33)11-18(35)21-24(38)31(48-32-27(41)25(39)22(36)14(3)44-32)29(47-30(17)21)15-6-8-16(43-4)9-7-15/h5-9,11,14,20,22-23,25-28,32-37,39-42H,10,12H2,1-4H3/t14-,20+,22-,23+,25-,26-,27+,28+,32+,33+/m1/s1. The molecule has 0 unspecified atom stereocenters. The molecular weight excluding hydrogens is 636 g/mol. The van der Waals surface area contributed by atoms with E-state index in [1.165, 1.54) is 14.0 Å². The molecule has 0 spiro atoms. The molecule has 2 aliphatic rings. The van der Waals surface area contributed by atoms with Crippen molar-refractivity contribution in [3.05, 3.63) is 57.8 Å². The lowest BCUT2D eigenvalue weighted by atomic mass is 9.99. The van der Waals surface area contributed by atoms with E-state index in [1.807, 2.05) is 13.8 Å². The van der Waals surface area contributed by atoms with Crippen molar-refractivity contribution in [2.75, 3.05) is 13.7 Å². The molecule has 2 aromatic carbocycles. The quantitative estimate of drug-likeness (QED) is 0.140. The molecule has 15 nitrogen and oxygen atoms in total. The maximum atomic E-state index is 14.3. The first-order valence-electron chi connectivity index (χ1n) is 15.2. The van der Waals surface area contributed by atoms with Crippen LogP contribution in [0.1, 0.15) is 26.3 Å². The number of aromatic hydroxyl groups is 1. The number of methoxy groups -OCH3 is 1. The molecule has 5 rings (SSSR count). The van der Waals surface area contributed by atoms with Gasteiger partial charge >= 0.3 is 0 Å². The number of phenolic OH excluding ortho intramolecular Hbond substituents is 1. The summed E-state index contributed by atoms with van der Waals surface area (Å²) in [5.74, 6) is -0.922. The number of hydrogen-bond donors (Lipinski definition) is 8. The summed E-state index contributed by atoms with van der Waals surface area (Å²) in [6, 6.07) is 7.41. The van der Waals surface area contributed by atoms with Crippen LogP contribution in [0.5, 0.6) is 23.0 Å². The minimum Gasteiger partial charge on any atom is -0.507 e. The Labute approximate surface area is 274 Å². The lowest BCUT2D eigenvalue weighted by molar-refractivity contribution is -0.277. The Morgan fingerprint density at radius 2 is 1.50 bits per heavy atom. The smallest absolute Gasteiger partial charge is 0.239 e. The van der Waals surface area contributed by atoms with E-state index in [0.717, 1.165) is 11.6 Å². The highest BCUT2D eigenvalue weighted by molar-refractivity contribution is 5.91. The fraction of sp³-hybridized carbons (Fsp3) is 0.485. The molecule has 0 bridgehead atoms. The van der Waals surface area contributed by atoms with E-state index in [0.29, 0.717) is 11.3 Å². The number of aliphatic hydroxyl groups excluding tert-OH is 7. The van der Waals surface area contributed by atoms with Gasteiger partial charge in [0.05, 0.1) is 19.8 Å². The molecule has 2 fully saturated rings. The first kappa shape index (κ1) is 35.5. The number of ether oxygens (including phenoxy) is 5. The molecular formula is C33H40O15. The highest BCUT2D eigenvalue weighted by Crippen LogP contribution is 2.41. The number of hydrogen-bond acceptors (Lipinski definition) is 15. The highest BCUT2D eigenvalue weighted by atomic mass is 16.7. The third-order valence-corrected chi connectivity index (χ3v) is 8.37. The third-order valence-electron chi connectivity index (χ3n) is 8.37. The van der Waals surface area contributed by atoms with Crippen LogP contribution in [-0.4, -0.2) is 116 Å². The minimum absolute atomic E-state index is 0.0725. The van der Waals surface area contributed by atoms with Gasteiger partial charge in [0.15, 0.2) is 5.76 Å². The van der Waals surface area contributed by atoms with Crippen molar-refractivity contribution in [2.24, 2.45) is 0 Å². The summed E-state index contributed by atoms with van der Waals surface area (Å²) in [7, 11) is 1.47. The summed E-state index contributed by atoms with van der Waals surface area (Å²) >= 11 is 0. The highest BCUT2D eigenvalue weighted by Gasteiger charge is 2.46. The summed E-state index contributed by atoms with van der Waals surface area (Å²) in [6.07, 6.45) is -13.7. The van der Waals surface area contributed by atoms with Crippen LogP contribution in [0.3, 0.4) is 0 Å². The Bertz CT molecular complexity index is 1680. The summed E-state index contributed by atoms with van der Waals surface area (Å²) in [6.45, 7) is 4.40. The van der Waals surface area contributed by atoms with Crippen LogP contribution in [0.4, 0.5) is 0 Å². The minimum atomic E-state index is -1.77. The molecule has 1 aromatic heterocycles. The second-order valence-electron chi connectivity index (χ2n) is 12.0. The monoisotopic (exact) mass is 676 g/mol. The van der Waals surface area contributed by atoms with E-state index < -0.39 is 84.9 Å². The van der Waals surface area contributed by atoms with E-state index in [1.54, 1.807) is 30.3 Å². The fourth-order valence-corrected chi connectivity index (χ4v) is 5.52. The van der Waals surface area contributed by atoms with Gasteiger partial charge in [-0.1, -0.05) is 11.6 Å². The molecule has 2 aliphatic heterocycles. The third kappa shape index (κ3) is 6.74. The molecule has 3 aromatic rings. The number of allylic oxidation sites excluding steroid dienone is 2. The van der Waals surface area contributed by atoms with Crippen molar-refractivity contribution in [3.8, 4) is 34.3 Å². The lowest BCUT2D eigenvalue weighted by Gasteiger charge is -2.39. The lowest BCUT2D eigenvalue weighted by Crippen LogP contribution is -2.60. The Hall–Kier alpha value is -3.77. The van der Waals surface area contributed by atoms with Crippen LogP contribution in [0.25, 0.3) is 22.3 Å². The molecule has 8 N–H and O–H groups in total. The zero-order valence-electron chi connectivity index (χ0n) is 26.6. The molecule has 0 saturated carbocycles. The van der Waals surface area contributed by atoms with E-state index in [9.17, 15) is 45.6 Å². The average molecular weight is 677 g/mol. The van der Waals surface area contributed by atoms with Crippen molar-refractivity contribution in [1.82, 2.24) is 0 Å². The normalized spacial score (nSPS) is 30.6. The molecule has 3 heterocycles. The van der Waals surface area contributed by atoms with Crippen LogP contribution in [-0.2, 0) is 15.9 Å². The van der Waals surface area contributed by atoms with Crippen LogP contribution in [0.2, 0.25) is 0 Å². The van der Waals surface area contributed by atoms with Gasteiger partial charge < -0.3 is 69.0 Å². The van der Waals surface area contributed by atoms with Gasteiger partial charge in [0.25, 0.3) is 0 Å². The number of phenols is 1. The van der Waals surface area contributed by atoms with Gasteiger partial charge in [-0.2, -0.15) is 0 Å². The van der Waals surface area contributed by atoms with Gasteiger partial charge in [-0.05, 0) is 51.5 Å². The first-order valence-corrected chi connectivity index (χ1v) is 15.2. The van der Waals surface area contributed by atoms with Crippen molar-refractivity contribution < 1.29 is 69.0 Å². The van der Waals surface area contributed by atoms with Crippen molar-refractivity contribution in [2.45, 2.75) is 88.6 Å². The van der Waals surface area contributed by atoms with Gasteiger partial charge in [-0.3, -0.25) is 4.79 Å². The van der Waals surface area contributed by atoms with Gasteiger partial charge in [0.1, 0.15) is 70.9 Å². The maximum Gasteiger partial charge on any atom is 0.239 e. The summed E-state index contributed by atoms with van der Waals surface area (Å²) < 4.78 is 34.5. The van der Waals surface area contributed by atoms with Crippen molar-refractivity contribution >= 4 is 11.0 Å². The summed E-state index contributed by atoms with van der Waals surface area (Å²) in [4.78, 5) is 14.3. The molecule has 48 heavy (non-hydrogen) atoms. The average Bonchev–Trinajstić information content (AvgIpc) is 3.06. The van der Waals surface area contributed by atoms with Crippen LogP contribution >= 0.6 is 0 Å². The Kier molecular flexibility index (Phi) is 10.6. The van der Waals surface area contributed by atoms with E-state index in [4.69, 9.17) is 28.1 Å². The predicted molar refractivity (Wildman–Crippen MR) is 167 cm³/mol. The fourth-order valence-electron chi connectivity index (χ4n) is 5.52. The molecule has 0 amide bonds. The largest absolute Gasteiger partial charge is 0.507 e. The number of aliphatic hydroxyl groups is 7. The van der Waals surface area contributed by atoms with Crippen LogP contribution in [0.15, 0.2) is 51.2 Å². The molecule has 0 radical (unpaired) electrons. The van der Waals surface area contributed by atoms with Gasteiger partial charge in [-0.15, -0.1) is 0 Å². The van der Waals surface area contributed by atoms with E-state index in [2.05, 4.69) is 0 Å². The van der Waals surface area contributed by atoms with Crippen LogP contribution < -0.4 is 19.6 Å². The zero-order valence-corrected chi connectivity index (χ0v) is 26.6. The molecule has 262 valence electrons. The van der Waals surface area contributed by atoms with E-state index in [-0.39, 0.29) is 34.5 Å². The van der Waals surface area contributed by atoms with Gasteiger partial charge in [-0.25, -0.2) is 0 Å². The Morgan fingerprint density at radius 3 is 2.10 bits per heavy atom. The van der Waals surface area contributed by atoms with Crippen molar-refractivity contribution in [3.63, 3.8) is 0 Å². The summed E-state index contributed by atoms with van der Waals surface area (Å²) in [5.41, 5.74) is 0.341. The Morgan fingerprint density at radius 1 is 0.875 bits per heavy atom. The topological polar surface area (TPSA) is 238 Å². The molecule has 2 saturated heterocycles. The maximum absolute atomic E-state index is 14.3. The zero-order chi connectivity index (χ0) is 35.0. The number of benzene rings is 2. The van der Waals surface area contributed by atoms with E-state index >= 15 is 0 Å². The Balaban J connectivity index is 1.71. The molecule has 15 heteroatoms. The SMILES string of the molecule is COc1ccc(-c2oc3c(CC=C(C)C)c(O[C@H]4O[C@@H](CO)[C@H](O)[C@@H](O)[C@@H]4O)cc(O)c3c(=O)c2O[C@@H]2O[C@H](C)[C@@H](O)[C@@H](O)[C@@H]2O)cc1. The predicted octanol–water partition coefficient (Wildman–Crippen LogP) is 0.0679. The van der Waals surface area contributed by atoms with Gasteiger partial charge in [0.2, 0.25) is 23.8 Å². The number of fused-ring (bicyclic) bond motifs is 1. The first-order chi connectivity index (χ1) is 22.8.